The van der Waals surface area contributed by atoms with Gasteiger partial charge in [0.05, 0.1) is 38.7 Å². The summed E-state index contributed by atoms with van der Waals surface area (Å²) in [5, 5.41) is 42.9. The number of rotatable bonds is 16. The van der Waals surface area contributed by atoms with Crippen LogP contribution < -0.4 is 16.4 Å². The number of hydrogen-bond donors (Lipinski definition) is 7. The van der Waals surface area contributed by atoms with Gasteiger partial charge < -0.3 is 36.8 Å². The number of aliphatic carboxylic acids is 3. The van der Waals surface area contributed by atoms with E-state index < -0.39 is 71.9 Å². The molecule has 0 aromatic carbocycles. The molecule has 1 fully saturated rings. The number of primary amides is 1. The van der Waals surface area contributed by atoms with Gasteiger partial charge >= 0.3 is 17.9 Å². The van der Waals surface area contributed by atoms with E-state index in [4.69, 9.17) is 5.73 Å². The molecule has 0 spiro atoms. The van der Waals surface area contributed by atoms with Gasteiger partial charge in [-0.05, 0) is 6.92 Å². The predicted molar refractivity (Wildman–Crippen MR) is 158 cm³/mol. The van der Waals surface area contributed by atoms with Crippen LogP contribution in [0.5, 0.6) is 0 Å². The van der Waals surface area contributed by atoms with Crippen LogP contribution in [0.2, 0.25) is 0 Å². The summed E-state index contributed by atoms with van der Waals surface area (Å²) in [5.74, 6) is -6.77. The topological polar surface area (TPSA) is 263 Å². The Labute approximate surface area is 261 Å². The zero-order valence-electron chi connectivity index (χ0n) is 26.0. The summed E-state index contributed by atoms with van der Waals surface area (Å²) in [6.45, 7) is 4.62. The maximum Gasteiger partial charge on any atom is 0.317 e. The van der Waals surface area contributed by atoms with Gasteiger partial charge in [-0.25, -0.2) is 0 Å². The predicted octanol–water partition coefficient (Wildman–Crippen LogP) is -4.09. The highest BCUT2D eigenvalue weighted by atomic mass is 16.4. The van der Waals surface area contributed by atoms with Crippen molar-refractivity contribution in [3.63, 3.8) is 0 Å². The molecule has 0 unspecified atom stereocenters. The second-order valence-corrected chi connectivity index (χ2v) is 11.4. The maximum absolute atomic E-state index is 13.1. The summed E-state index contributed by atoms with van der Waals surface area (Å²) in [7, 11) is 0. The Morgan fingerprint density at radius 3 is 1.29 bits per heavy atom. The van der Waals surface area contributed by atoms with E-state index in [0.29, 0.717) is 0 Å². The highest BCUT2D eigenvalue weighted by Gasteiger charge is 2.32. The Morgan fingerprint density at radius 1 is 0.644 bits per heavy atom. The highest BCUT2D eigenvalue weighted by molar-refractivity contribution is 5.96. The number of Topliss-reactive ketones (excluding diaryl/α,β-unsaturated/α-hetero) is 1. The van der Waals surface area contributed by atoms with E-state index in [0.717, 1.165) is 0 Å². The minimum absolute atomic E-state index is 0.153. The lowest BCUT2D eigenvalue weighted by Crippen LogP contribution is -2.57. The lowest BCUT2D eigenvalue weighted by atomic mass is 9.97. The van der Waals surface area contributed by atoms with Gasteiger partial charge in [-0.1, -0.05) is 13.8 Å². The Bertz CT molecular complexity index is 1020. The zero-order valence-corrected chi connectivity index (χ0v) is 26.0. The molecule has 3 atom stereocenters. The number of nitrogens with zero attached hydrogens (tertiary/aromatic N) is 4. The monoisotopic (exact) mass is 645 g/mol. The van der Waals surface area contributed by atoms with E-state index in [9.17, 15) is 54.0 Å². The first-order valence-corrected chi connectivity index (χ1v) is 14.6. The number of aliphatic hydroxyl groups excluding tert-OH is 1. The molecule has 1 rings (SSSR count). The molecule has 1 aliphatic heterocycles. The fourth-order valence-corrected chi connectivity index (χ4v) is 4.68. The summed E-state index contributed by atoms with van der Waals surface area (Å²) < 4.78 is 0. The van der Waals surface area contributed by atoms with Crippen LogP contribution in [0.15, 0.2) is 0 Å². The number of carbonyl (C=O) groups excluding carboxylic acids is 4. The third-order valence-electron chi connectivity index (χ3n) is 7.09. The van der Waals surface area contributed by atoms with Crippen molar-refractivity contribution in [2.45, 2.75) is 45.4 Å². The molecular weight excluding hydrogens is 598 g/mol. The van der Waals surface area contributed by atoms with Crippen LogP contribution in [-0.2, 0) is 33.6 Å². The van der Waals surface area contributed by atoms with Crippen molar-refractivity contribution in [2.75, 3.05) is 78.5 Å². The molecule has 256 valence electrons. The highest BCUT2D eigenvalue weighted by Crippen LogP contribution is 2.06. The SMILES string of the molecule is CC(C)C(=O)[C@@H](NC(=O)[C@@H](CC(N)=O)NC(=O)CN1CCN(CC(=O)O)CCN(CC(=O)O)CCN(CC(=O)O)CC1)[C@@H](C)O. The molecular formula is C27H47N7O11. The Morgan fingerprint density at radius 2 is 1.00 bits per heavy atom. The van der Waals surface area contributed by atoms with Crippen LogP contribution in [-0.4, -0.2) is 178 Å². The van der Waals surface area contributed by atoms with Crippen LogP contribution in [0.3, 0.4) is 0 Å². The number of nitrogens with two attached hydrogens (primary N) is 1. The number of carbonyl (C=O) groups is 7. The van der Waals surface area contributed by atoms with E-state index in [-0.39, 0.29) is 78.5 Å². The third kappa shape index (κ3) is 16.3. The van der Waals surface area contributed by atoms with Crippen molar-refractivity contribution in [1.82, 2.24) is 30.2 Å². The molecule has 0 saturated carbocycles. The Kier molecular flexibility index (Phi) is 17.1. The fraction of sp³-hybridized carbons (Fsp3) is 0.741. The number of aliphatic hydroxyl groups is 1. The van der Waals surface area contributed by atoms with Gasteiger partial charge in [-0.3, -0.25) is 53.2 Å². The molecule has 0 aliphatic carbocycles. The summed E-state index contributed by atoms with van der Waals surface area (Å²) in [5.41, 5.74) is 5.29. The lowest BCUT2D eigenvalue weighted by molar-refractivity contribution is -0.140. The number of hydrogen-bond acceptors (Lipinski definition) is 12. The molecule has 18 heteroatoms. The van der Waals surface area contributed by atoms with Gasteiger partial charge in [0.2, 0.25) is 17.7 Å². The maximum atomic E-state index is 13.1. The molecule has 0 aromatic rings. The van der Waals surface area contributed by atoms with Crippen LogP contribution in [0, 0.1) is 5.92 Å². The van der Waals surface area contributed by atoms with Crippen molar-refractivity contribution in [2.24, 2.45) is 11.7 Å². The smallest absolute Gasteiger partial charge is 0.317 e. The molecule has 1 aliphatic rings. The quantitative estimate of drug-likeness (QED) is 0.0841. The van der Waals surface area contributed by atoms with Crippen molar-refractivity contribution >= 4 is 41.4 Å². The molecule has 0 bridgehead atoms. The van der Waals surface area contributed by atoms with Gasteiger partial charge in [-0.2, -0.15) is 0 Å². The van der Waals surface area contributed by atoms with Crippen molar-refractivity contribution < 1.29 is 54.0 Å². The number of carboxylic acids is 3. The minimum atomic E-state index is -1.46. The molecule has 0 radical (unpaired) electrons. The molecule has 1 saturated heterocycles. The second-order valence-electron chi connectivity index (χ2n) is 11.4. The van der Waals surface area contributed by atoms with Crippen LogP contribution in [0.1, 0.15) is 27.2 Å². The van der Waals surface area contributed by atoms with Crippen molar-refractivity contribution in [1.29, 1.82) is 0 Å². The van der Waals surface area contributed by atoms with Gasteiger partial charge in [0, 0.05) is 58.3 Å². The third-order valence-corrected chi connectivity index (χ3v) is 7.09. The largest absolute Gasteiger partial charge is 0.480 e. The van der Waals surface area contributed by atoms with E-state index in [1.165, 1.54) is 6.92 Å². The summed E-state index contributed by atoms with van der Waals surface area (Å²) in [6.07, 6.45) is -1.85. The van der Waals surface area contributed by atoms with Crippen LogP contribution in [0.4, 0.5) is 0 Å². The van der Waals surface area contributed by atoms with Gasteiger partial charge in [0.15, 0.2) is 5.78 Å². The number of ketones is 1. The Balaban J connectivity index is 3.13. The first kappa shape index (κ1) is 39.3. The summed E-state index contributed by atoms with van der Waals surface area (Å²) >= 11 is 0. The van der Waals surface area contributed by atoms with Gasteiger partial charge in [0.1, 0.15) is 12.1 Å². The first-order chi connectivity index (χ1) is 21.0. The van der Waals surface area contributed by atoms with E-state index in [1.54, 1.807) is 33.4 Å². The van der Waals surface area contributed by atoms with Crippen LogP contribution >= 0.6 is 0 Å². The molecule has 45 heavy (non-hydrogen) atoms. The average molecular weight is 646 g/mol. The molecule has 18 nitrogen and oxygen atoms in total. The number of carboxylic acid groups (broad SMARTS) is 3. The molecule has 8 N–H and O–H groups in total. The van der Waals surface area contributed by atoms with Crippen LogP contribution in [0.25, 0.3) is 0 Å². The van der Waals surface area contributed by atoms with E-state index in [2.05, 4.69) is 10.6 Å². The lowest BCUT2D eigenvalue weighted by Gasteiger charge is -2.33. The second kappa shape index (κ2) is 19.6. The standard InChI is InChI=1S/C27H47N7O11/c1-17(2)26(44)25(18(3)35)30-27(45)19(12-20(28)36)29-21(37)13-31-4-6-32(14-22(38)39)8-10-34(16-24(42)43)11-9-33(7-5-31)15-23(40)41/h17-19,25,35H,4-16H2,1-3H3,(H2,28,36)(H,29,37)(H,30,45)(H,38,39)(H,40,41)(H,42,43)/t18-,19-,25+/m1/s1. The summed E-state index contributed by atoms with van der Waals surface area (Å²) in [6, 6.07) is -2.75. The fourth-order valence-electron chi connectivity index (χ4n) is 4.68. The van der Waals surface area contributed by atoms with Gasteiger partial charge in [0.25, 0.3) is 0 Å². The molecule has 3 amide bonds. The minimum Gasteiger partial charge on any atom is -0.480 e. The van der Waals surface area contributed by atoms with Crippen molar-refractivity contribution in [3.8, 4) is 0 Å². The molecule has 1 heterocycles. The average Bonchev–Trinajstić information content (AvgIpc) is 2.90. The number of amides is 3. The van der Waals surface area contributed by atoms with Crippen molar-refractivity contribution in [3.05, 3.63) is 0 Å². The normalized spacial score (nSPS) is 18.5. The van der Waals surface area contributed by atoms with E-state index in [1.807, 2.05) is 0 Å². The van der Waals surface area contributed by atoms with Gasteiger partial charge in [-0.15, -0.1) is 0 Å². The van der Waals surface area contributed by atoms with E-state index >= 15 is 0 Å². The first-order valence-electron chi connectivity index (χ1n) is 14.6. The zero-order chi connectivity index (χ0) is 34.3. The molecule has 0 aromatic heterocycles. The Hall–Kier alpha value is -3.71. The summed E-state index contributed by atoms with van der Waals surface area (Å²) in [4.78, 5) is 91.0. The number of nitrogens with one attached hydrogen (secondary N) is 2.